The van der Waals surface area contributed by atoms with Gasteiger partial charge in [0.2, 0.25) is 0 Å². The van der Waals surface area contributed by atoms with Crippen molar-refractivity contribution in [2.45, 2.75) is 17.9 Å². The van der Waals surface area contributed by atoms with E-state index in [0.717, 1.165) is 0 Å². The minimum Gasteiger partial charge on any atom is -0.477 e. The number of hydrogen-bond donors (Lipinski definition) is 2. The molecule has 0 bridgehead atoms. The number of aliphatic carboxylic acids is 1. The first-order valence-corrected chi connectivity index (χ1v) is 6.31. The number of alkyl halides is 2. The molecule has 0 aliphatic carbocycles. The fraction of sp³-hybridized carbons (Fsp3) is 0.188. The minimum atomic E-state index is -4.32. The first-order valence-electron chi connectivity index (χ1n) is 6.31. The lowest BCUT2D eigenvalue weighted by atomic mass is 9.81. The Morgan fingerprint density at radius 3 is 1.90 bits per heavy atom. The molecular weight excluding hydrogens is 278 g/mol. The Balaban J connectivity index is 2.52. The van der Waals surface area contributed by atoms with Crippen molar-refractivity contribution in [2.24, 2.45) is 0 Å². The van der Waals surface area contributed by atoms with Crippen LogP contribution >= 0.6 is 0 Å². The molecule has 0 aliphatic heterocycles. The number of halogens is 2. The molecule has 0 aliphatic rings. The maximum absolute atomic E-state index is 14.1. The molecule has 2 rings (SSSR count). The summed E-state index contributed by atoms with van der Waals surface area (Å²) in [5.41, 5.74) is -2.53. The highest BCUT2D eigenvalue weighted by Gasteiger charge is 2.59. The van der Waals surface area contributed by atoms with Crippen LogP contribution in [0.2, 0.25) is 0 Å². The van der Waals surface area contributed by atoms with Crippen LogP contribution in [-0.2, 0) is 16.8 Å². The van der Waals surface area contributed by atoms with E-state index in [0.29, 0.717) is 5.56 Å². The van der Waals surface area contributed by atoms with Crippen molar-refractivity contribution < 1.29 is 23.8 Å². The number of carboxylic acid groups (broad SMARTS) is 1. The van der Waals surface area contributed by atoms with E-state index >= 15 is 0 Å². The number of rotatable bonds is 5. The average molecular weight is 292 g/mol. The molecule has 2 aromatic carbocycles. The monoisotopic (exact) mass is 292 g/mol. The summed E-state index contributed by atoms with van der Waals surface area (Å²) < 4.78 is 28.2. The van der Waals surface area contributed by atoms with Gasteiger partial charge in [-0.05, 0) is 11.1 Å². The topological polar surface area (TPSA) is 57.5 Å². The van der Waals surface area contributed by atoms with Gasteiger partial charge < -0.3 is 10.2 Å². The Morgan fingerprint density at radius 1 is 0.952 bits per heavy atom. The zero-order valence-electron chi connectivity index (χ0n) is 11.0. The number of carboxylic acids is 1. The molecule has 2 aromatic rings. The molecular formula is C16H14F2O3. The molecule has 0 saturated carbocycles. The van der Waals surface area contributed by atoms with Crippen molar-refractivity contribution in [1.29, 1.82) is 0 Å². The van der Waals surface area contributed by atoms with Gasteiger partial charge in [0, 0.05) is 6.42 Å². The highest BCUT2D eigenvalue weighted by Crippen LogP contribution is 2.40. The zero-order valence-corrected chi connectivity index (χ0v) is 11.0. The molecule has 0 radical (unpaired) electrons. The van der Waals surface area contributed by atoms with Crippen LogP contribution in [0.1, 0.15) is 11.1 Å². The summed E-state index contributed by atoms with van der Waals surface area (Å²) in [5, 5.41) is 19.3. The molecule has 1 atom stereocenters. The van der Waals surface area contributed by atoms with Crippen molar-refractivity contribution in [3.8, 4) is 0 Å². The fourth-order valence-corrected chi connectivity index (χ4v) is 2.18. The Labute approximate surface area is 120 Å². The molecule has 0 heterocycles. The zero-order chi connectivity index (χ0) is 15.5. The van der Waals surface area contributed by atoms with Crippen molar-refractivity contribution in [2.75, 3.05) is 0 Å². The van der Waals surface area contributed by atoms with E-state index in [1.807, 2.05) is 0 Å². The van der Waals surface area contributed by atoms with Crippen LogP contribution in [-0.4, -0.2) is 22.1 Å². The summed E-state index contributed by atoms with van der Waals surface area (Å²) in [7, 11) is 0. The molecule has 21 heavy (non-hydrogen) atoms. The molecule has 0 spiro atoms. The average Bonchev–Trinajstić information content (AvgIpc) is 2.48. The standard InChI is InChI=1S/C16H14F2O3/c17-16(18,14(19)20)15(21,13-9-5-2-6-10-13)11-12-7-3-1-4-8-12/h1-10,21H,11H2,(H,19,20). The van der Waals surface area contributed by atoms with Gasteiger partial charge in [-0.2, -0.15) is 8.78 Å². The smallest absolute Gasteiger partial charge is 0.378 e. The van der Waals surface area contributed by atoms with E-state index in [4.69, 9.17) is 5.11 Å². The summed E-state index contributed by atoms with van der Waals surface area (Å²) in [6, 6.07) is 15.2. The van der Waals surface area contributed by atoms with E-state index < -0.39 is 23.9 Å². The van der Waals surface area contributed by atoms with Gasteiger partial charge in [-0.1, -0.05) is 60.7 Å². The maximum Gasteiger partial charge on any atom is 0.378 e. The lowest BCUT2D eigenvalue weighted by Crippen LogP contribution is -2.52. The van der Waals surface area contributed by atoms with Gasteiger partial charge in [0.15, 0.2) is 5.60 Å². The van der Waals surface area contributed by atoms with Gasteiger partial charge in [0.25, 0.3) is 0 Å². The highest BCUT2D eigenvalue weighted by molar-refractivity contribution is 5.77. The third kappa shape index (κ3) is 2.78. The molecule has 1 unspecified atom stereocenters. The third-order valence-electron chi connectivity index (χ3n) is 3.34. The lowest BCUT2D eigenvalue weighted by Gasteiger charge is -2.33. The van der Waals surface area contributed by atoms with Gasteiger partial charge in [0.1, 0.15) is 0 Å². The second kappa shape index (κ2) is 5.61. The van der Waals surface area contributed by atoms with Crippen LogP contribution in [0.15, 0.2) is 60.7 Å². The fourth-order valence-electron chi connectivity index (χ4n) is 2.18. The summed E-state index contributed by atoms with van der Waals surface area (Å²) >= 11 is 0. The Morgan fingerprint density at radius 2 is 1.43 bits per heavy atom. The predicted octanol–water partition coefficient (Wildman–Crippen LogP) is 2.84. The first-order chi connectivity index (χ1) is 9.88. The number of carbonyl (C=O) groups is 1. The Bertz CT molecular complexity index is 614. The second-order valence-corrected chi connectivity index (χ2v) is 4.77. The molecule has 110 valence electrons. The van der Waals surface area contributed by atoms with Crippen molar-refractivity contribution >= 4 is 5.97 Å². The minimum absolute atomic E-state index is 0.138. The van der Waals surface area contributed by atoms with E-state index in [1.165, 1.54) is 24.3 Å². The van der Waals surface area contributed by atoms with Crippen LogP contribution in [0.4, 0.5) is 8.78 Å². The third-order valence-corrected chi connectivity index (χ3v) is 3.34. The molecule has 0 fully saturated rings. The number of benzene rings is 2. The van der Waals surface area contributed by atoms with Crippen LogP contribution in [0.3, 0.4) is 0 Å². The van der Waals surface area contributed by atoms with E-state index in [9.17, 15) is 18.7 Å². The van der Waals surface area contributed by atoms with Crippen molar-refractivity contribution in [3.63, 3.8) is 0 Å². The SMILES string of the molecule is O=C(O)C(F)(F)C(O)(Cc1ccccc1)c1ccccc1. The predicted molar refractivity (Wildman–Crippen MR) is 73.1 cm³/mol. The first kappa shape index (κ1) is 15.1. The van der Waals surface area contributed by atoms with Crippen LogP contribution < -0.4 is 0 Å². The quantitative estimate of drug-likeness (QED) is 0.891. The molecule has 0 saturated heterocycles. The van der Waals surface area contributed by atoms with Crippen LogP contribution in [0, 0.1) is 0 Å². The van der Waals surface area contributed by atoms with E-state index in [2.05, 4.69) is 0 Å². The van der Waals surface area contributed by atoms with Gasteiger partial charge in [0.05, 0.1) is 0 Å². The van der Waals surface area contributed by atoms with Gasteiger partial charge in [-0.25, -0.2) is 4.79 Å². The molecule has 2 N–H and O–H groups in total. The highest BCUT2D eigenvalue weighted by atomic mass is 19.3. The molecule has 0 aromatic heterocycles. The summed E-state index contributed by atoms with van der Waals surface area (Å²) in [5.74, 6) is -6.67. The van der Waals surface area contributed by atoms with E-state index in [-0.39, 0.29) is 5.56 Å². The Kier molecular flexibility index (Phi) is 4.04. The summed E-state index contributed by atoms with van der Waals surface area (Å²) in [6.07, 6.45) is -0.503. The van der Waals surface area contributed by atoms with Crippen LogP contribution in [0.25, 0.3) is 0 Å². The van der Waals surface area contributed by atoms with Gasteiger partial charge in [-0.15, -0.1) is 0 Å². The molecule has 5 heteroatoms. The number of aliphatic hydroxyl groups is 1. The number of hydrogen-bond acceptors (Lipinski definition) is 2. The largest absolute Gasteiger partial charge is 0.477 e. The molecule has 3 nitrogen and oxygen atoms in total. The van der Waals surface area contributed by atoms with Crippen molar-refractivity contribution in [3.05, 3.63) is 71.8 Å². The van der Waals surface area contributed by atoms with Crippen LogP contribution in [0.5, 0.6) is 0 Å². The summed E-state index contributed by atoms with van der Waals surface area (Å²) in [6.45, 7) is 0. The van der Waals surface area contributed by atoms with Gasteiger partial charge >= 0.3 is 11.9 Å². The van der Waals surface area contributed by atoms with Crippen molar-refractivity contribution in [1.82, 2.24) is 0 Å². The normalized spacial score (nSPS) is 14.4. The molecule has 0 amide bonds. The Hall–Kier alpha value is -2.27. The summed E-state index contributed by atoms with van der Waals surface area (Å²) in [4.78, 5) is 10.9. The maximum atomic E-state index is 14.1. The van der Waals surface area contributed by atoms with E-state index in [1.54, 1.807) is 36.4 Å². The second-order valence-electron chi connectivity index (χ2n) is 4.77. The van der Waals surface area contributed by atoms with Gasteiger partial charge in [-0.3, -0.25) is 0 Å². The lowest BCUT2D eigenvalue weighted by molar-refractivity contribution is -0.212.